The van der Waals surface area contributed by atoms with Gasteiger partial charge in [-0.3, -0.25) is 4.18 Å². The van der Waals surface area contributed by atoms with Crippen molar-refractivity contribution in [2.45, 2.75) is 16.7 Å². The van der Waals surface area contributed by atoms with Crippen molar-refractivity contribution in [2.75, 3.05) is 20.7 Å². The summed E-state index contributed by atoms with van der Waals surface area (Å²) in [7, 11) is -5.57. The van der Waals surface area contributed by atoms with E-state index < -0.39 is 20.1 Å². The maximum Gasteiger partial charge on any atom is 0.298 e. The number of benzene rings is 6. The van der Waals surface area contributed by atoms with E-state index in [9.17, 15) is 16.8 Å². The lowest BCUT2D eigenvalue weighted by Gasteiger charge is -2.25. The molecule has 6 rings (SSSR count). The quantitative estimate of drug-likeness (QED) is 0.161. The van der Waals surface area contributed by atoms with Crippen molar-refractivity contribution in [1.82, 2.24) is 4.31 Å². The van der Waals surface area contributed by atoms with Gasteiger partial charge in [-0.2, -0.15) is 8.42 Å². The van der Waals surface area contributed by atoms with Gasteiger partial charge in [-0.15, -0.1) is 0 Å². The predicted molar refractivity (Wildman–Crippen MR) is 177 cm³/mol. The van der Waals surface area contributed by atoms with Crippen molar-refractivity contribution < 1.29 is 21.0 Å². The summed E-state index contributed by atoms with van der Waals surface area (Å²) in [5.74, 6) is 0. The van der Waals surface area contributed by atoms with Crippen molar-refractivity contribution in [2.24, 2.45) is 0 Å². The van der Waals surface area contributed by atoms with E-state index in [-0.39, 0.29) is 22.0 Å². The summed E-state index contributed by atoms with van der Waals surface area (Å²) in [6.45, 7) is 1.53. The van der Waals surface area contributed by atoms with Crippen molar-refractivity contribution >= 4 is 41.7 Å². The van der Waals surface area contributed by atoms with Gasteiger partial charge in [0.15, 0.2) is 0 Å². The molecule has 6 aromatic carbocycles. The number of sulfonamides is 1. The van der Waals surface area contributed by atoms with Gasteiger partial charge in [0.2, 0.25) is 10.0 Å². The van der Waals surface area contributed by atoms with Gasteiger partial charge >= 0.3 is 0 Å². The van der Waals surface area contributed by atoms with Crippen LogP contribution in [0.25, 0.3) is 54.9 Å². The highest BCUT2D eigenvalue weighted by Crippen LogP contribution is 2.49. The molecule has 0 radical (unpaired) electrons. The van der Waals surface area contributed by atoms with Gasteiger partial charge in [0.1, 0.15) is 4.90 Å². The van der Waals surface area contributed by atoms with Crippen LogP contribution < -0.4 is 0 Å². The molecule has 0 bridgehead atoms. The van der Waals surface area contributed by atoms with Crippen LogP contribution in [0.15, 0.2) is 131 Å². The Labute approximate surface area is 258 Å². The summed E-state index contributed by atoms with van der Waals surface area (Å²) in [6.07, 6.45) is 0. The molecule has 44 heavy (non-hydrogen) atoms. The molecule has 0 amide bonds. The maximum absolute atomic E-state index is 14.5. The summed E-state index contributed by atoms with van der Waals surface area (Å²) in [5, 5.41) is 2.74. The second kappa shape index (κ2) is 11.6. The fraction of sp³-hybridized carbons (Fsp3) is 0.111. The Morgan fingerprint density at radius 3 is 1.43 bits per heavy atom. The maximum atomic E-state index is 14.5. The molecule has 0 spiro atoms. The first-order valence-corrected chi connectivity index (χ1v) is 17.0. The summed E-state index contributed by atoms with van der Waals surface area (Å²) >= 11 is 0. The van der Waals surface area contributed by atoms with Crippen LogP contribution in [0.4, 0.5) is 0 Å². The number of nitrogens with zero attached hydrogens (tertiary/aromatic N) is 1. The van der Waals surface area contributed by atoms with E-state index in [1.165, 1.54) is 18.4 Å². The first-order chi connectivity index (χ1) is 21.1. The van der Waals surface area contributed by atoms with Crippen molar-refractivity contribution in [1.29, 1.82) is 0 Å². The number of rotatable bonds is 8. The summed E-state index contributed by atoms with van der Waals surface area (Å²) in [4.78, 5) is -0.0504. The molecule has 6 nitrogen and oxygen atoms in total. The van der Waals surface area contributed by atoms with Crippen LogP contribution in [0.5, 0.6) is 0 Å². The smallest absolute Gasteiger partial charge is 0.267 e. The van der Waals surface area contributed by atoms with Gasteiger partial charge in [0, 0.05) is 36.3 Å². The molecule has 222 valence electrons. The average molecular weight is 622 g/mol. The molecule has 0 saturated carbocycles. The van der Waals surface area contributed by atoms with Gasteiger partial charge in [0.05, 0.1) is 11.5 Å². The molecule has 0 saturated heterocycles. The largest absolute Gasteiger partial charge is 0.298 e. The zero-order valence-corrected chi connectivity index (χ0v) is 26.2. The highest BCUT2D eigenvalue weighted by atomic mass is 32.2. The molecule has 6 aromatic rings. The van der Waals surface area contributed by atoms with E-state index in [1.54, 1.807) is 6.92 Å². The van der Waals surface area contributed by atoms with E-state index in [0.717, 1.165) is 10.8 Å². The molecule has 0 N–H and O–H groups in total. The zero-order chi connectivity index (χ0) is 31.1. The highest BCUT2D eigenvalue weighted by molar-refractivity contribution is 7.89. The van der Waals surface area contributed by atoms with Gasteiger partial charge in [-0.05, 0) is 51.7 Å². The summed E-state index contributed by atoms with van der Waals surface area (Å²) < 4.78 is 64.2. The number of fused-ring (bicyclic) bond motifs is 2. The third-order valence-corrected chi connectivity index (χ3v) is 11.1. The minimum atomic E-state index is -4.40. The molecule has 0 aromatic heterocycles. The molecule has 0 aliphatic rings. The monoisotopic (exact) mass is 621 g/mol. The molecule has 0 aliphatic carbocycles. The Kier molecular flexibility index (Phi) is 7.86. The summed E-state index contributed by atoms with van der Waals surface area (Å²) in [6, 6.07) is 37.2. The lowest BCUT2D eigenvalue weighted by atomic mass is 9.88. The predicted octanol–water partition coefficient (Wildman–Crippen LogP) is 7.97. The Bertz CT molecular complexity index is 2230. The lowest BCUT2D eigenvalue weighted by molar-refractivity contribution is 0.338. The molecule has 0 unspecified atom stereocenters. The van der Waals surface area contributed by atoms with E-state index >= 15 is 0 Å². The fourth-order valence-corrected chi connectivity index (χ4v) is 8.37. The lowest BCUT2D eigenvalue weighted by Crippen LogP contribution is -2.24. The van der Waals surface area contributed by atoms with Gasteiger partial charge in [-0.1, -0.05) is 109 Å². The molecule has 0 fully saturated rings. The molecular formula is C36H31NO5S2. The van der Waals surface area contributed by atoms with Crippen molar-refractivity contribution in [3.63, 3.8) is 0 Å². The second-order valence-corrected chi connectivity index (χ2v) is 14.2. The Hall–Kier alpha value is -4.34. The van der Waals surface area contributed by atoms with Crippen molar-refractivity contribution in [3.05, 3.63) is 121 Å². The molecule has 8 heteroatoms. The molecular weight excluding hydrogens is 591 g/mol. The normalized spacial score (nSPS) is 12.3. The third-order valence-electron chi connectivity index (χ3n) is 7.68. The fourth-order valence-electron chi connectivity index (χ4n) is 5.74. The third kappa shape index (κ3) is 5.10. The zero-order valence-electron chi connectivity index (χ0n) is 24.6. The first-order valence-electron chi connectivity index (χ1n) is 14.2. The Morgan fingerprint density at radius 2 is 0.977 bits per heavy atom. The second-order valence-electron chi connectivity index (χ2n) is 10.6. The number of hydrogen-bond acceptors (Lipinski definition) is 5. The molecule has 0 atom stereocenters. The van der Waals surface area contributed by atoms with Gasteiger partial charge in [-0.25, -0.2) is 12.7 Å². The van der Waals surface area contributed by atoms with Crippen LogP contribution in [-0.2, 0) is 24.3 Å². The van der Waals surface area contributed by atoms with Crippen LogP contribution in [0, 0.1) is 0 Å². The number of hydrogen-bond donors (Lipinski definition) is 0. The minimum absolute atomic E-state index is 0.0238. The van der Waals surface area contributed by atoms with E-state index in [0.29, 0.717) is 38.6 Å². The van der Waals surface area contributed by atoms with Gasteiger partial charge in [0.25, 0.3) is 10.1 Å². The SMILES string of the molecule is CCOS(=O)(=O)c1c(-c2ccccc2)cc2ccccc2c1-c1c(S(=O)(=O)N(C)C)c(-c2ccccc2)cc2ccccc12. The molecule has 0 aliphatic heterocycles. The molecule has 0 heterocycles. The van der Waals surface area contributed by atoms with Crippen LogP contribution >= 0.6 is 0 Å². The Morgan fingerprint density at radius 1 is 0.568 bits per heavy atom. The summed E-state index contributed by atoms with van der Waals surface area (Å²) in [5.41, 5.74) is 2.85. The van der Waals surface area contributed by atoms with Gasteiger partial charge < -0.3 is 0 Å². The Balaban J connectivity index is 1.96. The van der Waals surface area contributed by atoms with Crippen LogP contribution in [0.2, 0.25) is 0 Å². The van der Waals surface area contributed by atoms with Crippen molar-refractivity contribution in [3.8, 4) is 33.4 Å². The van der Waals surface area contributed by atoms with Crippen LogP contribution in [-0.4, -0.2) is 41.8 Å². The van der Waals surface area contributed by atoms with E-state index in [2.05, 4.69) is 0 Å². The van der Waals surface area contributed by atoms with Crippen LogP contribution in [0.1, 0.15) is 6.92 Å². The van der Waals surface area contributed by atoms with E-state index in [1.807, 2.05) is 121 Å². The van der Waals surface area contributed by atoms with E-state index in [4.69, 9.17) is 4.18 Å². The first kappa shape index (κ1) is 29.7. The topological polar surface area (TPSA) is 80.8 Å². The average Bonchev–Trinajstić information content (AvgIpc) is 3.03. The minimum Gasteiger partial charge on any atom is -0.267 e. The standard InChI is InChI=1S/C36H31NO5S2/c1-4-42-44(40,41)36-32(26-17-9-6-10-18-26)24-28-20-12-14-22-30(28)34(36)33-29-21-13-11-19-27(29)23-31(25-15-7-5-8-16-25)35(33)43(38,39)37(2)3/h5-24H,4H2,1-3H3. The van der Waals surface area contributed by atoms with Crippen LogP contribution in [0.3, 0.4) is 0 Å². The highest BCUT2D eigenvalue weighted by Gasteiger charge is 2.34.